The zero-order chi connectivity index (χ0) is 22.2. The Hall–Kier alpha value is -3.33. The number of carbonyl (C=O) groups excluding carboxylic acids is 1. The van der Waals surface area contributed by atoms with E-state index in [1.807, 2.05) is 24.4 Å². The molecule has 0 aliphatic carbocycles. The van der Waals surface area contributed by atoms with Crippen molar-refractivity contribution in [2.75, 3.05) is 24.1 Å². The molecule has 0 unspecified atom stereocenters. The summed E-state index contributed by atoms with van der Waals surface area (Å²) < 4.78 is 11.0. The molecule has 8 nitrogen and oxygen atoms in total. The van der Waals surface area contributed by atoms with E-state index < -0.39 is 0 Å². The molecule has 4 aromatic rings. The lowest BCUT2D eigenvalue weighted by Gasteiger charge is -2.29. The molecule has 32 heavy (non-hydrogen) atoms. The molecule has 1 aliphatic rings. The molecule has 1 aliphatic heterocycles. The molecule has 0 saturated heterocycles. The summed E-state index contributed by atoms with van der Waals surface area (Å²) in [4.78, 5) is 26.3. The van der Waals surface area contributed by atoms with E-state index in [1.54, 1.807) is 25.3 Å². The second-order valence-electron chi connectivity index (χ2n) is 7.12. The van der Waals surface area contributed by atoms with Crippen LogP contribution in [-0.4, -0.2) is 34.7 Å². The number of amides is 1. The number of para-hydroxylation sites is 1. The topological polar surface area (TPSA) is 92.4 Å². The van der Waals surface area contributed by atoms with Crippen LogP contribution in [0.2, 0.25) is 10.0 Å². The molecule has 1 amide bonds. The largest absolute Gasteiger partial charge is 0.455 e. The van der Waals surface area contributed by atoms with E-state index >= 15 is 0 Å². The quantitative estimate of drug-likeness (QED) is 0.419. The molecule has 2 aromatic heterocycles. The Balaban J connectivity index is 1.43. The fourth-order valence-corrected chi connectivity index (χ4v) is 4.25. The van der Waals surface area contributed by atoms with Gasteiger partial charge >= 0.3 is 0 Å². The number of carbonyl (C=O) groups is 1. The summed E-state index contributed by atoms with van der Waals surface area (Å²) in [6, 6.07) is 10.9. The molecule has 3 heterocycles. The van der Waals surface area contributed by atoms with Crippen LogP contribution in [0.4, 0.5) is 17.3 Å². The number of H-pyrrole nitrogens is 1. The summed E-state index contributed by atoms with van der Waals surface area (Å²) >= 11 is 12.5. The Morgan fingerprint density at radius 1 is 1.25 bits per heavy atom. The number of nitrogens with one attached hydrogen (secondary N) is 2. The number of rotatable bonds is 5. The molecule has 0 spiro atoms. The first-order chi connectivity index (χ1) is 15.5. The van der Waals surface area contributed by atoms with Crippen LogP contribution in [0, 0.1) is 0 Å². The summed E-state index contributed by atoms with van der Waals surface area (Å²) in [5.41, 5.74) is 3.40. The van der Waals surface area contributed by atoms with Gasteiger partial charge in [-0.05, 0) is 30.3 Å². The van der Waals surface area contributed by atoms with E-state index in [4.69, 9.17) is 32.7 Å². The van der Waals surface area contributed by atoms with E-state index in [0.29, 0.717) is 28.3 Å². The fraction of sp³-hybridized carbons (Fsp3) is 0.136. The number of hydrogen-bond acceptors (Lipinski definition) is 6. The Kier molecular flexibility index (Phi) is 5.34. The van der Waals surface area contributed by atoms with Gasteiger partial charge in [-0.2, -0.15) is 4.98 Å². The Labute approximate surface area is 193 Å². The highest BCUT2D eigenvalue weighted by Crippen LogP contribution is 2.37. The van der Waals surface area contributed by atoms with Crippen molar-refractivity contribution in [2.24, 2.45) is 0 Å². The maximum absolute atomic E-state index is 13.0. The minimum absolute atomic E-state index is 0.0704. The van der Waals surface area contributed by atoms with Gasteiger partial charge in [0.25, 0.3) is 5.91 Å². The van der Waals surface area contributed by atoms with Crippen LogP contribution in [0.3, 0.4) is 0 Å². The third-order valence-electron chi connectivity index (χ3n) is 5.06. The van der Waals surface area contributed by atoms with Crippen LogP contribution in [0.15, 0.2) is 48.8 Å². The zero-order valence-corrected chi connectivity index (χ0v) is 18.4. The van der Waals surface area contributed by atoms with E-state index in [1.165, 1.54) is 11.1 Å². The maximum atomic E-state index is 13.0. The highest BCUT2D eigenvalue weighted by Gasteiger charge is 2.31. The number of methoxy groups -OCH3 is 1. The number of halogens is 2. The lowest BCUT2D eigenvalue weighted by Crippen LogP contribution is -2.39. The van der Waals surface area contributed by atoms with Crippen molar-refractivity contribution in [1.82, 2.24) is 15.0 Å². The second kappa shape index (κ2) is 8.31. The maximum Gasteiger partial charge on any atom is 0.268 e. The summed E-state index contributed by atoms with van der Waals surface area (Å²) in [6.45, 7) is 0.384. The monoisotopic (exact) mass is 469 g/mol. The average Bonchev–Trinajstić information content (AvgIpc) is 3.24. The summed E-state index contributed by atoms with van der Waals surface area (Å²) in [5, 5.41) is 4.90. The van der Waals surface area contributed by atoms with Gasteiger partial charge in [-0.1, -0.05) is 29.3 Å². The minimum atomic E-state index is -0.344. The number of aromatic amines is 1. The highest BCUT2D eigenvalue weighted by molar-refractivity contribution is 6.40. The van der Waals surface area contributed by atoms with Gasteiger partial charge < -0.3 is 19.8 Å². The van der Waals surface area contributed by atoms with Crippen LogP contribution < -0.4 is 15.0 Å². The van der Waals surface area contributed by atoms with Crippen molar-refractivity contribution < 1.29 is 14.3 Å². The van der Waals surface area contributed by atoms with Gasteiger partial charge in [0.05, 0.1) is 27.9 Å². The van der Waals surface area contributed by atoms with Gasteiger partial charge in [0, 0.05) is 36.1 Å². The van der Waals surface area contributed by atoms with Crippen LogP contribution in [0.5, 0.6) is 5.88 Å². The molecule has 0 atom stereocenters. The first-order valence-electron chi connectivity index (χ1n) is 9.67. The van der Waals surface area contributed by atoms with Crippen molar-refractivity contribution in [1.29, 1.82) is 0 Å². The molecule has 162 valence electrons. The van der Waals surface area contributed by atoms with Crippen molar-refractivity contribution in [3.8, 4) is 5.88 Å². The molecule has 0 saturated carbocycles. The number of nitrogens with zero attached hydrogens (tertiary/aromatic N) is 3. The van der Waals surface area contributed by atoms with Crippen molar-refractivity contribution >= 4 is 57.3 Å². The highest BCUT2D eigenvalue weighted by atomic mass is 35.5. The van der Waals surface area contributed by atoms with Crippen molar-refractivity contribution in [3.05, 3.63) is 70.0 Å². The molecule has 0 bridgehead atoms. The van der Waals surface area contributed by atoms with Gasteiger partial charge in [-0.3, -0.25) is 9.69 Å². The zero-order valence-electron chi connectivity index (χ0n) is 16.9. The number of hydrogen-bond donors (Lipinski definition) is 2. The smallest absolute Gasteiger partial charge is 0.268 e. The third-order valence-corrected chi connectivity index (χ3v) is 5.67. The standard InChI is InChI=1S/C22H17Cl2N5O3/c1-31-10-13-8-14(7-12-5-6-25-18(12)13)27-22-26-9-15-20(28-22)32-11-29(21(15)30)19-16(23)3-2-4-17(19)24/h2-9,25H,10-11H2,1H3,(H,26,27,28). The van der Waals surface area contributed by atoms with Gasteiger partial charge in [0.1, 0.15) is 5.56 Å². The van der Waals surface area contributed by atoms with E-state index in [2.05, 4.69) is 20.3 Å². The van der Waals surface area contributed by atoms with Gasteiger partial charge in [-0.15, -0.1) is 0 Å². The molecule has 0 fully saturated rings. The van der Waals surface area contributed by atoms with Gasteiger partial charge in [-0.25, -0.2) is 4.98 Å². The SMILES string of the molecule is COCc1cc(Nc2ncc3c(n2)OCN(c2c(Cl)cccc2Cl)C3=O)cc2cc[nH]c12. The van der Waals surface area contributed by atoms with Crippen LogP contribution in [0.1, 0.15) is 15.9 Å². The van der Waals surface area contributed by atoms with Crippen LogP contribution in [0.25, 0.3) is 10.9 Å². The Morgan fingerprint density at radius 2 is 2.06 bits per heavy atom. The lowest BCUT2D eigenvalue weighted by molar-refractivity contribution is 0.0932. The Morgan fingerprint density at radius 3 is 2.84 bits per heavy atom. The molecule has 0 radical (unpaired) electrons. The number of ether oxygens (including phenoxy) is 2. The number of benzene rings is 2. The number of fused-ring (bicyclic) bond motifs is 2. The van der Waals surface area contributed by atoms with Gasteiger partial charge in [0.15, 0.2) is 6.73 Å². The second-order valence-corrected chi connectivity index (χ2v) is 7.94. The first kappa shape index (κ1) is 20.6. The molecule has 2 N–H and O–H groups in total. The first-order valence-corrected chi connectivity index (χ1v) is 10.4. The number of aromatic nitrogens is 3. The van der Waals surface area contributed by atoms with Gasteiger partial charge in [0.2, 0.25) is 11.8 Å². The molecular weight excluding hydrogens is 453 g/mol. The minimum Gasteiger partial charge on any atom is -0.455 e. The Bertz CT molecular complexity index is 1320. The average molecular weight is 470 g/mol. The van der Waals surface area contributed by atoms with Crippen molar-refractivity contribution in [3.63, 3.8) is 0 Å². The summed E-state index contributed by atoms with van der Waals surface area (Å²) in [5.74, 6) is 0.148. The predicted molar refractivity (Wildman–Crippen MR) is 123 cm³/mol. The summed E-state index contributed by atoms with van der Waals surface area (Å²) in [6.07, 6.45) is 3.30. The lowest BCUT2D eigenvalue weighted by atomic mass is 10.1. The predicted octanol–water partition coefficient (Wildman–Crippen LogP) is 5.15. The van der Waals surface area contributed by atoms with E-state index in [9.17, 15) is 4.79 Å². The third kappa shape index (κ3) is 3.62. The van der Waals surface area contributed by atoms with E-state index in [0.717, 1.165) is 22.2 Å². The molecule has 5 rings (SSSR count). The fourth-order valence-electron chi connectivity index (χ4n) is 3.65. The van der Waals surface area contributed by atoms with E-state index in [-0.39, 0.29) is 24.1 Å². The number of anilines is 3. The summed E-state index contributed by atoms with van der Waals surface area (Å²) in [7, 11) is 1.65. The molecule has 2 aromatic carbocycles. The van der Waals surface area contributed by atoms with Crippen molar-refractivity contribution in [2.45, 2.75) is 6.61 Å². The molecular formula is C22H17Cl2N5O3. The van der Waals surface area contributed by atoms with Crippen LogP contribution in [-0.2, 0) is 11.3 Å². The molecule has 10 heteroatoms. The normalized spacial score (nSPS) is 13.2. The van der Waals surface area contributed by atoms with Crippen LogP contribution >= 0.6 is 23.2 Å².